The first-order valence-corrected chi connectivity index (χ1v) is 6.07. The zero-order valence-corrected chi connectivity index (χ0v) is 10.9. The average Bonchev–Trinajstić information content (AvgIpc) is 2.73. The van der Waals surface area contributed by atoms with Crippen LogP contribution in [0.1, 0.15) is 15.9 Å². The number of rotatable bonds is 2. The van der Waals surface area contributed by atoms with Crippen LogP contribution in [0.5, 0.6) is 5.75 Å². The van der Waals surface area contributed by atoms with E-state index >= 15 is 0 Å². The van der Waals surface area contributed by atoms with E-state index in [1.807, 2.05) is 25.2 Å². The molecular weight excluding hydrogens is 240 g/mol. The third kappa shape index (κ3) is 1.85. The molecule has 0 aliphatic carbocycles. The van der Waals surface area contributed by atoms with Crippen molar-refractivity contribution in [1.29, 1.82) is 0 Å². The molecule has 0 bridgehead atoms. The van der Waals surface area contributed by atoms with Crippen molar-refractivity contribution in [3.05, 3.63) is 47.8 Å². The van der Waals surface area contributed by atoms with Crippen molar-refractivity contribution in [2.75, 3.05) is 14.2 Å². The second kappa shape index (κ2) is 4.39. The zero-order valence-electron chi connectivity index (χ0n) is 10.9. The first-order chi connectivity index (χ1) is 9.20. The summed E-state index contributed by atoms with van der Waals surface area (Å²) in [5.41, 5.74) is 3.88. The van der Waals surface area contributed by atoms with Crippen LogP contribution in [0, 0.1) is 0 Å². The Kier molecular flexibility index (Phi) is 2.71. The van der Waals surface area contributed by atoms with Crippen molar-refractivity contribution in [2.45, 2.75) is 6.54 Å². The number of nitrogens with zero attached hydrogens (tertiary/aromatic N) is 2. The van der Waals surface area contributed by atoms with Crippen molar-refractivity contribution in [1.82, 2.24) is 9.88 Å². The average molecular weight is 254 g/mol. The predicted molar refractivity (Wildman–Crippen MR) is 72.0 cm³/mol. The Labute approximate surface area is 111 Å². The van der Waals surface area contributed by atoms with Crippen LogP contribution in [-0.2, 0) is 6.54 Å². The molecule has 3 rings (SSSR count). The number of benzene rings is 1. The third-order valence-electron chi connectivity index (χ3n) is 3.41. The summed E-state index contributed by atoms with van der Waals surface area (Å²) in [6, 6.07) is 7.81. The largest absolute Gasteiger partial charge is 0.494 e. The second-order valence-electron chi connectivity index (χ2n) is 4.61. The molecule has 1 aliphatic heterocycles. The molecule has 0 saturated carbocycles. The fraction of sp³-hybridized carbons (Fsp3) is 0.200. The normalized spacial score (nSPS) is 13.6. The molecule has 0 radical (unpaired) electrons. The number of pyridine rings is 1. The van der Waals surface area contributed by atoms with Gasteiger partial charge in [-0.1, -0.05) is 6.07 Å². The Bertz CT molecular complexity index is 652. The lowest BCUT2D eigenvalue weighted by atomic mass is 10.0. The standard InChI is InChI=1S/C15H14N2O2/c1-17-9-11-7-10(3-4-13(11)15(17)18)12-5-6-16-8-14(12)19-2/h3-8H,9H2,1-2H3. The molecule has 0 unspecified atom stereocenters. The molecule has 0 atom stereocenters. The van der Waals surface area contributed by atoms with Gasteiger partial charge in [0.15, 0.2) is 0 Å². The summed E-state index contributed by atoms with van der Waals surface area (Å²) in [5.74, 6) is 0.823. The molecule has 0 spiro atoms. The highest BCUT2D eigenvalue weighted by Crippen LogP contribution is 2.32. The molecule has 96 valence electrons. The fourth-order valence-corrected chi connectivity index (χ4v) is 2.41. The van der Waals surface area contributed by atoms with Gasteiger partial charge in [-0.25, -0.2) is 0 Å². The molecule has 1 amide bonds. The zero-order chi connectivity index (χ0) is 13.4. The van der Waals surface area contributed by atoms with Gasteiger partial charge in [0.25, 0.3) is 5.91 Å². The van der Waals surface area contributed by atoms with E-state index < -0.39 is 0 Å². The Balaban J connectivity index is 2.09. The molecule has 0 fully saturated rings. The number of carbonyl (C=O) groups excluding carboxylic acids is 1. The quantitative estimate of drug-likeness (QED) is 0.826. The summed E-state index contributed by atoms with van der Waals surface area (Å²) in [5, 5.41) is 0. The minimum absolute atomic E-state index is 0.0863. The first kappa shape index (κ1) is 11.7. The molecule has 4 nitrogen and oxygen atoms in total. The highest BCUT2D eigenvalue weighted by molar-refractivity contribution is 5.98. The number of methoxy groups -OCH3 is 1. The van der Waals surface area contributed by atoms with Gasteiger partial charge in [-0.3, -0.25) is 9.78 Å². The van der Waals surface area contributed by atoms with Crippen LogP contribution in [0.25, 0.3) is 11.1 Å². The monoisotopic (exact) mass is 254 g/mol. The van der Waals surface area contributed by atoms with E-state index in [1.165, 1.54) is 0 Å². The molecule has 0 saturated heterocycles. The number of ether oxygens (including phenoxy) is 1. The summed E-state index contributed by atoms with van der Waals surface area (Å²) >= 11 is 0. The van der Waals surface area contributed by atoms with Crippen molar-refractivity contribution < 1.29 is 9.53 Å². The van der Waals surface area contributed by atoms with Gasteiger partial charge in [-0.15, -0.1) is 0 Å². The first-order valence-electron chi connectivity index (χ1n) is 6.07. The van der Waals surface area contributed by atoms with Gasteiger partial charge in [0.2, 0.25) is 0 Å². The lowest BCUT2D eigenvalue weighted by molar-refractivity contribution is 0.0816. The van der Waals surface area contributed by atoms with Gasteiger partial charge in [0.1, 0.15) is 5.75 Å². The molecule has 1 aromatic carbocycles. The van der Waals surface area contributed by atoms with E-state index in [0.717, 1.165) is 28.0 Å². The molecule has 4 heteroatoms. The van der Waals surface area contributed by atoms with Crippen molar-refractivity contribution >= 4 is 5.91 Å². The Hall–Kier alpha value is -2.36. The summed E-state index contributed by atoms with van der Waals surface area (Å²) in [4.78, 5) is 17.6. The van der Waals surface area contributed by atoms with Crippen molar-refractivity contribution in [3.63, 3.8) is 0 Å². The van der Waals surface area contributed by atoms with Crippen LogP contribution < -0.4 is 4.74 Å². The molecule has 19 heavy (non-hydrogen) atoms. The number of hydrogen-bond donors (Lipinski definition) is 0. The van der Waals surface area contributed by atoms with Gasteiger partial charge in [-0.2, -0.15) is 0 Å². The van der Waals surface area contributed by atoms with Crippen LogP contribution >= 0.6 is 0 Å². The van der Waals surface area contributed by atoms with Gasteiger partial charge in [-0.05, 0) is 29.3 Å². The van der Waals surface area contributed by atoms with Crippen LogP contribution in [-0.4, -0.2) is 29.9 Å². The Morgan fingerprint density at radius 1 is 1.26 bits per heavy atom. The lowest BCUT2D eigenvalue weighted by Crippen LogP contribution is -2.17. The summed E-state index contributed by atoms with van der Waals surface area (Å²) in [7, 11) is 3.44. The summed E-state index contributed by atoms with van der Waals surface area (Å²) < 4.78 is 5.32. The number of aromatic nitrogens is 1. The van der Waals surface area contributed by atoms with E-state index in [2.05, 4.69) is 11.1 Å². The molecule has 2 heterocycles. The van der Waals surface area contributed by atoms with E-state index in [0.29, 0.717) is 6.54 Å². The molecule has 1 aromatic heterocycles. The van der Waals surface area contributed by atoms with Crippen LogP contribution in [0.15, 0.2) is 36.7 Å². The SMILES string of the molecule is COc1cnccc1-c1ccc2c(c1)CN(C)C2=O. The maximum absolute atomic E-state index is 11.9. The van der Waals surface area contributed by atoms with Crippen molar-refractivity contribution in [3.8, 4) is 16.9 Å². The van der Waals surface area contributed by atoms with E-state index in [9.17, 15) is 4.79 Å². The smallest absolute Gasteiger partial charge is 0.254 e. The highest BCUT2D eigenvalue weighted by atomic mass is 16.5. The molecule has 1 aliphatic rings. The topological polar surface area (TPSA) is 42.4 Å². The molecular formula is C15H14N2O2. The van der Waals surface area contributed by atoms with Gasteiger partial charge >= 0.3 is 0 Å². The summed E-state index contributed by atoms with van der Waals surface area (Å²) in [6.45, 7) is 0.662. The minimum atomic E-state index is 0.0863. The third-order valence-corrected chi connectivity index (χ3v) is 3.41. The van der Waals surface area contributed by atoms with E-state index in [1.54, 1.807) is 24.4 Å². The summed E-state index contributed by atoms with van der Waals surface area (Å²) in [6.07, 6.45) is 3.43. The number of carbonyl (C=O) groups is 1. The van der Waals surface area contributed by atoms with E-state index in [4.69, 9.17) is 4.74 Å². The highest BCUT2D eigenvalue weighted by Gasteiger charge is 2.24. The van der Waals surface area contributed by atoms with Gasteiger partial charge in [0.05, 0.1) is 13.3 Å². The minimum Gasteiger partial charge on any atom is -0.494 e. The van der Waals surface area contributed by atoms with Crippen LogP contribution in [0.4, 0.5) is 0 Å². The molecule has 2 aromatic rings. The Morgan fingerprint density at radius 2 is 2.11 bits per heavy atom. The van der Waals surface area contributed by atoms with Crippen molar-refractivity contribution in [2.24, 2.45) is 0 Å². The maximum Gasteiger partial charge on any atom is 0.254 e. The number of fused-ring (bicyclic) bond motifs is 1. The van der Waals surface area contributed by atoms with Crippen LogP contribution in [0.2, 0.25) is 0 Å². The molecule has 0 N–H and O–H groups in total. The number of hydrogen-bond acceptors (Lipinski definition) is 3. The maximum atomic E-state index is 11.9. The second-order valence-corrected chi connectivity index (χ2v) is 4.61. The van der Waals surface area contributed by atoms with E-state index in [-0.39, 0.29) is 5.91 Å². The lowest BCUT2D eigenvalue weighted by Gasteiger charge is -2.08. The van der Waals surface area contributed by atoms with Gasteiger partial charge in [0, 0.05) is 30.9 Å². The Morgan fingerprint density at radius 3 is 2.89 bits per heavy atom. The predicted octanol–water partition coefficient (Wildman–Crippen LogP) is 2.34. The van der Waals surface area contributed by atoms with Gasteiger partial charge < -0.3 is 9.64 Å². The van der Waals surface area contributed by atoms with Crippen LogP contribution in [0.3, 0.4) is 0 Å². The number of amides is 1. The fourth-order valence-electron chi connectivity index (χ4n) is 2.41.